The molecule has 0 radical (unpaired) electrons. The van der Waals surface area contributed by atoms with Crippen LogP contribution in [0.1, 0.15) is 43.7 Å². The number of aliphatic hydroxyl groups is 1. The van der Waals surface area contributed by atoms with Crippen molar-refractivity contribution in [3.63, 3.8) is 0 Å². The number of thioether (sulfide) groups is 1. The van der Waals surface area contributed by atoms with Crippen LogP contribution in [-0.2, 0) is 14.4 Å². The number of hydrogen-bond donors (Lipinski definition) is 1. The van der Waals surface area contributed by atoms with Crippen molar-refractivity contribution in [3.05, 3.63) is 90.5 Å². The molecule has 218 valence electrons. The molecule has 3 fully saturated rings. The minimum absolute atomic E-state index is 0.0579. The molecule has 1 unspecified atom stereocenters. The molecule has 2 aromatic rings. The monoisotopic (exact) mass is 583 g/mol. The number of nitrogens with zero attached hydrogens (tertiary/aromatic N) is 3. The van der Waals surface area contributed by atoms with Crippen LogP contribution < -0.4 is 4.90 Å². The van der Waals surface area contributed by atoms with Crippen molar-refractivity contribution in [1.29, 1.82) is 0 Å². The summed E-state index contributed by atoms with van der Waals surface area (Å²) in [4.78, 5) is 49.4. The Morgan fingerprint density at radius 1 is 0.857 bits per heavy atom. The third kappa shape index (κ3) is 4.25. The van der Waals surface area contributed by atoms with E-state index in [9.17, 15) is 19.5 Å². The van der Waals surface area contributed by atoms with Crippen LogP contribution in [0.3, 0.4) is 0 Å². The number of benzene rings is 2. The molecule has 7 rings (SSSR count). The molecule has 5 aliphatic rings. The summed E-state index contributed by atoms with van der Waals surface area (Å²) in [7, 11) is 0. The first-order chi connectivity index (χ1) is 20.5. The minimum Gasteiger partial charge on any atom is -0.394 e. The number of amides is 3. The molecule has 42 heavy (non-hydrogen) atoms. The van der Waals surface area contributed by atoms with E-state index < -0.39 is 28.7 Å². The van der Waals surface area contributed by atoms with Crippen molar-refractivity contribution in [2.24, 2.45) is 11.8 Å². The van der Waals surface area contributed by atoms with Crippen molar-refractivity contribution in [2.45, 2.75) is 60.2 Å². The summed E-state index contributed by atoms with van der Waals surface area (Å²) in [5, 5.41) is 10.5. The van der Waals surface area contributed by atoms with Gasteiger partial charge in [0.25, 0.3) is 0 Å². The Morgan fingerprint density at radius 3 is 2.29 bits per heavy atom. The second-order valence-electron chi connectivity index (χ2n) is 12.1. The Bertz CT molecular complexity index is 1410. The third-order valence-corrected chi connectivity index (χ3v) is 11.6. The van der Waals surface area contributed by atoms with Crippen LogP contribution in [0.15, 0.2) is 85.0 Å². The molecule has 4 heterocycles. The Hall–Kier alpha value is -3.36. The Kier molecular flexibility index (Phi) is 7.22. The van der Waals surface area contributed by atoms with Gasteiger partial charge in [0, 0.05) is 30.1 Å². The van der Waals surface area contributed by atoms with Crippen molar-refractivity contribution in [1.82, 2.24) is 9.80 Å². The van der Waals surface area contributed by atoms with Crippen molar-refractivity contribution < 1.29 is 19.5 Å². The maximum atomic E-state index is 14.8. The number of aliphatic hydroxyl groups excluding tert-OH is 1. The number of carbonyl (C=O) groups is 3. The van der Waals surface area contributed by atoms with Crippen LogP contribution in [0.4, 0.5) is 5.69 Å². The number of carbonyl (C=O) groups excluding carboxylic acids is 3. The van der Waals surface area contributed by atoms with E-state index in [0.717, 1.165) is 36.9 Å². The molecule has 3 amide bonds. The lowest BCUT2D eigenvalue weighted by molar-refractivity contribution is -0.147. The van der Waals surface area contributed by atoms with Gasteiger partial charge in [-0.2, -0.15) is 0 Å². The fraction of sp³-hybridized carbons (Fsp3) is 0.441. The number of rotatable bonds is 5. The van der Waals surface area contributed by atoms with Gasteiger partial charge in [-0.15, -0.1) is 11.8 Å². The smallest absolute Gasteiger partial charge is 0.247 e. The predicted molar refractivity (Wildman–Crippen MR) is 164 cm³/mol. The summed E-state index contributed by atoms with van der Waals surface area (Å²) < 4.78 is -0.908. The zero-order chi connectivity index (χ0) is 28.8. The molecule has 1 N–H and O–H groups in total. The summed E-state index contributed by atoms with van der Waals surface area (Å²) in [5.74, 6) is -1.71. The molecular formula is C34H37N3O4S. The van der Waals surface area contributed by atoms with E-state index in [1.165, 1.54) is 6.42 Å². The van der Waals surface area contributed by atoms with Crippen LogP contribution in [0, 0.1) is 11.8 Å². The second kappa shape index (κ2) is 11.0. The number of fused-ring (bicyclic) bond motifs is 2. The quantitative estimate of drug-likeness (QED) is 0.530. The topological polar surface area (TPSA) is 81.2 Å². The molecule has 2 aromatic carbocycles. The zero-order valence-corrected chi connectivity index (χ0v) is 24.4. The first-order valence-corrected chi connectivity index (χ1v) is 16.1. The van der Waals surface area contributed by atoms with Crippen LogP contribution in [-0.4, -0.2) is 74.4 Å². The first-order valence-electron chi connectivity index (χ1n) is 15.2. The Balaban J connectivity index is 1.35. The van der Waals surface area contributed by atoms with Crippen LogP contribution in [0.5, 0.6) is 0 Å². The SMILES string of the molecule is O=C1[C@@H]2[C@H](C=CCN1c1ccccc1)S[C@]13C=CCN(C4CCCCC4)C(=O)C1N([C@H](CO)c1ccccc1)C(=O)[C@H]23. The molecule has 8 heteroatoms. The van der Waals surface area contributed by atoms with Crippen molar-refractivity contribution in [2.75, 3.05) is 24.6 Å². The minimum atomic E-state index is -0.908. The van der Waals surface area contributed by atoms with E-state index in [4.69, 9.17) is 0 Å². The lowest BCUT2D eigenvalue weighted by Gasteiger charge is -2.41. The van der Waals surface area contributed by atoms with Gasteiger partial charge in [-0.05, 0) is 30.5 Å². The molecule has 0 aromatic heterocycles. The van der Waals surface area contributed by atoms with Gasteiger partial charge < -0.3 is 19.8 Å². The molecule has 0 bridgehead atoms. The molecular weight excluding hydrogens is 546 g/mol. The highest BCUT2D eigenvalue weighted by Crippen LogP contribution is 2.62. The van der Waals surface area contributed by atoms with Crippen LogP contribution in [0.25, 0.3) is 0 Å². The van der Waals surface area contributed by atoms with Crippen molar-refractivity contribution in [3.8, 4) is 0 Å². The fourth-order valence-corrected chi connectivity index (χ4v) is 10.0. The summed E-state index contributed by atoms with van der Waals surface area (Å²) in [6.45, 7) is 0.630. The highest BCUT2D eigenvalue weighted by Gasteiger charge is 2.72. The summed E-state index contributed by atoms with van der Waals surface area (Å²) in [6.07, 6.45) is 13.5. The maximum Gasteiger partial charge on any atom is 0.247 e. The number of anilines is 1. The van der Waals surface area contributed by atoms with E-state index in [0.29, 0.717) is 13.1 Å². The van der Waals surface area contributed by atoms with Gasteiger partial charge >= 0.3 is 0 Å². The maximum absolute atomic E-state index is 14.8. The molecule has 1 spiro atoms. The average Bonchev–Trinajstić information content (AvgIpc) is 3.34. The van der Waals surface area contributed by atoms with E-state index in [1.54, 1.807) is 21.6 Å². The van der Waals surface area contributed by atoms with E-state index in [1.807, 2.05) is 71.6 Å². The standard InChI is InChI=1S/C34H37N3O4S/c38-22-26(23-12-4-1-5-13-23)37-30-33(41)36(25-16-8-3-9-17-25)21-11-19-34(30)29(32(37)40)28-27(42-34)18-10-20-35(31(28)39)24-14-6-2-7-15-24/h1-2,4-7,10-15,18-19,25-30,38H,3,8-9,16-17,20-22H2/t26-,27+,28-,29+,30?,34+/m1/s1. The third-order valence-electron chi connectivity index (χ3n) is 9.90. The Morgan fingerprint density at radius 2 is 1.57 bits per heavy atom. The largest absolute Gasteiger partial charge is 0.394 e. The van der Waals surface area contributed by atoms with Gasteiger partial charge in [0.2, 0.25) is 17.7 Å². The van der Waals surface area contributed by atoms with Crippen LogP contribution >= 0.6 is 11.8 Å². The van der Waals surface area contributed by atoms with Gasteiger partial charge in [0.1, 0.15) is 6.04 Å². The van der Waals surface area contributed by atoms with Gasteiger partial charge in [-0.25, -0.2) is 0 Å². The van der Waals surface area contributed by atoms with E-state index in [-0.39, 0.29) is 35.6 Å². The lowest BCUT2D eigenvalue weighted by atomic mass is 9.78. The highest BCUT2D eigenvalue weighted by molar-refractivity contribution is 8.02. The summed E-state index contributed by atoms with van der Waals surface area (Å²) in [6, 6.07) is 17.7. The molecule has 6 atom stereocenters. The normalized spacial score (nSPS) is 31.9. The molecule has 2 saturated heterocycles. The van der Waals surface area contributed by atoms with Gasteiger partial charge in [-0.1, -0.05) is 92.1 Å². The first kappa shape index (κ1) is 27.5. The molecule has 1 saturated carbocycles. The number of para-hydroxylation sites is 1. The van der Waals surface area contributed by atoms with Gasteiger partial charge in [0.05, 0.1) is 29.2 Å². The highest BCUT2D eigenvalue weighted by atomic mass is 32.2. The average molecular weight is 584 g/mol. The van der Waals surface area contributed by atoms with E-state index >= 15 is 0 Å². The number of hydrogen-bond acceptors (Lipinski definition) is 5. The molecule has 7 nitrogen and oxygen atoms in total. The fourth-order valence-electron chi connectivity index (χ4n) is 8.02. The van der Waals surface area contributed by atoms with Gasteiger partial charge in [-0.3, -0.25) is 14.4 Å². The number of likely N-dealkylation sites (tertiary alicyclic amines) is 1. The second-order valence-corrected chi connectivity index (χ2v) is 13.6. The van der Waals surface area contributed by atoms with E-state index in [2.05, 4.69) is 18.2 Å². The molecule has 1 aliphatic carbocycles. The lowest BCUT2D eigenvalue weighted by Crippen LogP contribution is -2.56. The zero-order valence-electron chi connectivity index (χ0n) is 23.6. The van der Waals surface area contributed by atoms with Crippen LogP contribution in [0.2, 0.25) is 0 Å². The predicted octanol–water partition coefficient (Wildman–Crippen LogP) is 4.35. The Labute approximate surface area is 251 Å². The van der Waals surface area contributed by atoms with Gasteiger partial charge in [0.15, 0.2) is 0 Å². The van der Waals surface area contributed by atoms with Crippen molar-refractivity contribution >= 4 is 35.2 Å². The summed E-state index contributed by atoms with van der Waals surface area (Å²) in [5.41, 5.74) is 1.58. The summed E-state index contributed by atoms with van der Waals surface area (Å²) >= 11 is 1.59. The molecule has 4 aliphatic heterocycles.